The fraction of sp³-hybridized carbons (Fsp3) is 0.550. The molecule has 0 saturated carbocycles. The van der Waals surface area contributed by atoms with E-state index in [4.69, 9.17) is 14.5 Å². The minimum absolute atomic E-state index is 0. The van der Waals surface area contributed by atoms with Crippen molar-refractivity contribution in [3.63, 3.8) is 0 Å². The van der Waals surface area contributed by atoms with Crippen LogP contribution in [0.4, 0.5) is 5.13 Å². The Balaban J connectivity index is 0.00000320. The van der Waals surface area contributed by atoms with Gasteiger partial charge in [-0.05, 0) is 24.6 Å². The molecule has 1 saturated heterocycles. The van der Waals surface area contributed by atoms with Crippen molar-refractivity contribution in [1.82, 2.24) is 19.6 Å². The molecule has 0 aliphatic carbocycles. The van der Waals surface area contributed by atoms with E-state index in [1.807, 2.05) is 18.2 Å². The lowest BCUT2D eigenvalue weighted by molar-refractivity contribution is 0.354. The van der Waals surface area contributed by atoms with E-state index in [0.29, 0.717) is 6.54 Å². The van der Waals surface area contributed by atoms with Gasteiger partial charge in [-0.25, -0.2) is 9.98 Å². The number of hydrogen-bond donors (Lipinski definition) is 1. The van der Waals surface area contributed by atoms with Gasteiger partial charge in [0, 0.05) is 50.7 Å². The van der Waals surface area contributed by atoms with E-state index in [2.05, 4.69) is 38.3 Å². The highest BCUT2D eigenvalue weighted by molar-refractivity contribution is 14.0. The van der Waals surface area contributed by atoms with Crippen LogP contribution in [0.15, 0.2) is 23.2 Å². The minimum atomic E-state index is 0. The molecule has 0 atom stereocenters. The maximum absolute atomic E-state index is 5.40. The first-order valence-corrected chi connectivity index (χ1v) is 10.8. The number of nitrogens with zero attached hydrogens (tertiary/aromatic N) is 5. The fourth-order valence-corrected chi connectivity index (χ4v) is 4.00. The van der Waals surface area contributed by atoms with Crippen molar-refractivity contribution in [3.8, 4) is 11.5 Å². The van der Waals surface area contributed by atoms with Crippen molar-refractivity contribution in [1.29, 1.82) is 0 Å². The summed E-state index contributed by atoms with van der Waals surface area (Å²) in [6, 6.07) is 5.92. The predicted octanol–water partition coefficient (Wildman–Crippen LogP) is 3.02. The number of rotatable bonds is 7. The van der Waals surface area contributed by atoms with Crippen molar-refractivity contribution in [2.75, 3.05) is 51.8 Å². The maximum Gasteiger partial charge on any atom is 0.205 e. The molecular formula is C20H31IN6O2S. The number of aliphatic imine (C=N–C) groups is 1. The van der Waals surface area contributed by atoms with E-state index in [9.17, 15) is 0 Å². The van der Waals surface area contributed by atoms with Gasteiger partial charge in [0.05, 0.1) is 20.8 Å². The molecule has 1 aliphatic rings. The molecule has 2 aromatic rings. The Morgan fingerprint density at radius 1 is 1.13 bits per heavy atom. The number of anilines is 1. The van der Waals surface area contributed by atoms with Crippen LogP contribution in [0.1, 0.15) is 25.2 Å². The first-order valence-electron chi connectivity index (χ1n) is 10.00. The van der Waals surface area contributed by atoms with Crippen molar-refractivity contribution in [2.45, 2.75) is 26.8 Å². The van der Waals surface area contributed by atoms with E-state index in [1.54, 1.807) is 14.2 Å². The molecule has 10 heteroatoms. The highest BCUT2D eigenvalue weighted by atomic mass is 127. The molecule has 1 aliphatic heterocycles. The number of halogens is 1. The third kappa shape index (κ3) is 6.10. The quantitative estimate of drug-likeness (QED) is 0.325. The number of hydrogen-bond acceptors (Lipinski definition) is 7. The first-order chi connectivity index (χ1) is 14.2. The Morgan fingerprint density at radius 2 is 1.87 bits per heavy atom. The molecule has 1 aromatic carbocycles. The summed E-state index contributed by atoms with van der Waals surface area (Å²) >= 11 is 1.49. The molecular weight excluding hydrogens is 515 g/mol. The lowest BCUT2D eigenvalue weighted by atomic mass is 10.2. The Bertz CT molecular complexity index is 823. The Morgan fingerprint density at radius 3 is 2.47 bits per heavy atom. The van der Waals surface area contributed by atoms with Crippen LogP contribution in [-0.4, -0.2) is 67.2 Å². The van der Waals surface area contributed by atoms with Gasteiger partial charge in [0.1, 0.15) is 5.82 Å². The van der Waals surface area contributed by atoms with E-state index in [-0.39, 0.29) is 24.0 Å². The van der Waals surface area contributed by atoms with Crippen LogP contribution in [0.3, 0.4) is 0 Å². The summed E-state index contributed by atoms with van der Waals surface area (Å²) in [5.74, 6) is 3.32. The molecule has 0 amide bonds. The van der Waals surface area contributed by atoms with Crippen molar-refractivity contribution >= 4 is 46.6 Å². The highest BCUT2D eigenvalue weighted by Crippen LogP contribution is 2.27. The number of methoxy groups -OCH3 is 2. The van der Waals surface area contributed by atoms with E-state index in [1.165, 1.54) is 11.5 Å². The van der Waals surface area contributed by atoms with Crippen LogP contribution < -0.4 is 19.7 Å². The number of piperazine rings is 1. The zero-order chi connectivity index (χ0) is 20.6. The SMILES string of the molecule is CCNC(=NCc1ccc(OC)c(OC)c1)N1CCN(c2nc(CC)ns2)CC1.I. The van der Waals surface area contributed by atoms with Gasteiger partial charge in [-0.3, -0.25) is 0 Å². The summed E-state index contributed by atoms with van der Waals surface area (Å²) in [7, 11) is 3.29. The second-order valence-electron chi connectivity index (χ2n) is 6.68. The molecule has 3 rings (SSSR count). The van der Waals surface area contributed by atoms with Crippen LogP contribution in [0, 0.1) is 0 Å². The summed E-state index contributed by atoms with van der Waals surface area (Å²) in [6.45, 7) is 9.23. The second kappa shape index (κ2) is 12.1. The van der Waals surface area contributed by atoms with Gasteiger partial charge < -0.3 is 24.6 Å². The van der Waals surface area contributed by atoms with Crippen molar-refractivity contribution in [3.05, 3.63) is 29.6 Å². The smallest absolute Gasteiger partial charge is 0.205 e. The summed E-state index contributed by atoms with van der Waals surface area (Å²) in [4.78, 5) is 14.1. The molecule has 8 nitrogen and oxygen atoms in total. The molecule has 166 valence electrons. The van der Waals surface area contributed by atoms with Crippen LogP contribution in [0.5, 0.6) is 11.5 Å². The Hall–Kier alpha value is -1.82. The Labute approximate surface area is 199 Å². The van der Waals surface area contributed by atoms with Gasteiger partial charge in [-0.1, -0.05) is 13.0 Å². The largest absolute Gasteiger partial charge is 0.493 e. The monoisotopic (exact) mass is 546 g/mol. The van der Waals surface area contributed by atoms with Gasteiger partial charge >= 0.3 is 0 Å². The maximum atomic E-state index is 5.40. The van der Waals surface area contributed by atoms with Crippen LogP contribution in [0.2, 0.25) is 0 Å². The third-order valence-corrected chi connectivity index (χ3v) is 5.63. The number of aromatic nitrogens is 2. The summed E-state index contributed by atoms with van der Waals surface area (Å²) < 4.78 is 15.1. The molecule has 1 N–H and O–H groups in total. The number of ether oxygens (including phenoxy) is 2. The molecule has 30 heavy (non-hydrogen) atoms. The minimum Gasteiger partial charge on any atom is -0.493 e. The normalized spacial score (nSPS) is 14.3. The lowest BCUT2D eigenvalue weighted by Gasteiger charge is -2.36. The number of guanidine groups is 1. The topological polar surface area (TPSA) is 75.1 Å². The molecule has 1 fully saturated rings. The third-order valence-electron chi connectivity index (χ3n) is 4.82. The first kappa shape index (κ1) is 24.4. The molecule has 0 bridgehead atoms. The number of aryl methyl sites for hydroxylation is 1. The van der Waals surface area contributed by atoms with Crippen molar-refractivity contribution < 1.29 is 9.47 Å². The van der Waals surface area contributed by atoms with Crippen LogP contribution >= 0.6 is 35.5 Å². The number of benzene rings is 1. The average Bonchev–Trinajstić information content (AvgIpc) is 3.26. The molecule has 0 spiro atoms. The van der Waals surface area contributed by atoms with Crippen molar-refractivity contribution in [2.24, 2.45) is 4.99 Å². The van der Waals surface area contributed by atoms with Gasteiger partial charge in [0.25, 0.3) is 0 Å². The second-order valence-corrected chi connectivity index (χ2v) is 7.41. The van der Waals surface area contributed by atoms with Crippen LogP contribution in [0.25, 0.3) is 0 Å². The molecule has 0 radical (unpaired) electrons. The van der Waals surface area contributed by atoms with Gasteiger partial charge in [0.15, 0.2) is 17.5 Å². The van der Waals surface area contributed by atoms with E-state index < -0.39 is 0 Å². The zero-order valence-corrected chi connectivity index (χ0v) is 21.2. The van der Waals surface area contributed by atoms with E-state index in [0.717, 1.165) is 73.1 Å². The highest BCUT2D eigenvalue weighted by Gasteiger charge is 2.22. The van der Waals surface area contributed by atoms with E-state index >= 15 is 0 Å². The summed E-state index contributed by atoms with van der Waals surface area (Å²) in [6.07, 6.45) is 0.879. The Kier molecular flexibility index (Phi) is 9.89. The van der Waals surface area contributed by atoms with Gasteiger partial charge in [-0.2, -0.15) is 4.37 Å². The number of nitrogens with one attached hydrogen (secondary N) is 1. The molecule has 2 heterocycles. The molecule has 1 aromatic heterocycles. The zero-order valence-electron chi connectivity index (χ0n) is 18.1. The fourth-order valence-electron chi connectivity index (χ4n) is 3.20. The standard InChI is InChI=1S/C20H30N6O2S.HI/c1-5-18-23-20(29-24-18)26-11-9-25(10-12-26)19(21-6-2)22-14-15-7-8-16(27-3)17(13-15)28-4;/h7-8,13H,5-6,9-12,14H2,1-4H3,(H,21,22);1H. The average molecular weight is 546 g/mol. The molecule has 0 unspecified atom stereocenters. The summed E-state index contributed by atoms with van der Waals surface area (Å²) in [5.41, 5.74) is 1.08. The summed E-state index contributed by atoms with van der Waals surface area (Å²) in [5, 5.41) is 4.44. The van der Waals surface area contributed by atoms with Crippen LogP contribution in [-0.2, 0) is 13.0 Å². The van der Waals surface area contributed by atoms with Gasteiger partial charge in [0.2, 0.25) is 5.13 Å². The van der Waals surface area contributed by atoms with Gasteiger partial charge in [-0.15, -0.1) is 24.0 Å². The predicted molar refractivity (Wildman–Crippen MR) is 133 cm³/mol. The lowest BCUT2D eigenvalue weighted by Crippen LogP contribution is -2.52.